The monoisotopic (exact) mass is 322 g/mol. The Balaban J connectivity index is 1.40. The van der Waals surface area contributed by atoms with E-state index in [1.165, 1.54) is 11.3 Å². The molecular formula is C13H18N6S2. The quantitative estimate of drug-likeness (QED) is 0.835. The average Bonchev–Trinajstić information content (AvgIpc) is 2.94. The van der Waals surface area contributed by atoms with Gasteiger partial charge in [-0.25, -0.2) is 4.98 Å². The largest absolute Gasteiger partial charge is 0.374 e. The van der Waals surface area contributed by atoms with E-state index in [2.05, 4.69) is 31.0 Å². The van der Waals surface area contributed by atoms with Crippen LogP contribution in [0.1, 0.15) is 0 Å². The van der Waals surface area contributed by atoms with Crippen LogP contribution in [0.3, 0.4) is 0 Å². The maximum absolute atomic E-state index is 5.57. The zero-order chi connectivity index (χ0) is 14.5. The number of hydrogen-bond donors (Lipinski definition) is 1. The molecular weight excluding hydrogens is 304 g/mol. The lowest BCUT2D eigenvalue weighted by Gasteiger charge is -2.35. The van der Waals surface area contributed by atoms with Crippen molar-refractivity contribution in [3.05, 3.63) is 24.4 Å². The number of anilines is 2. The van der Waals surface area contributed by atoms with Gasteiger partial charge in [0.2, 0.25) is 5.13 Å². The standard InChI is InChI=1S/C13H18N6S2/c14-12-16-17-13(21-12)20-10-9-18-5-7-19(8-6-18)11-3-1-2-4-15-11/h1-4H,5-10H2,(H2,14,16). The van der Waals surface area contributed by atoms with Crippen molar-refractivity contribution < 1.29 is 0 Å². The zero-order valence-corrected chi connectivity index (χ0v) is 13.3. The van der Waals surface area contributed by atoms with Crippen LogP contribution in [0.5, 0.6) is 0 Å². The number of nitrogens with zero attached hydrogens (tertiary/aromatic N) is 5. The van der Waals surface area contributed by atoms with E-state index in [0.29, 0.717) is 5.13 Å². The van der Waals surface area contributed by atoms with Crippen molar-refractivity contribution in [1.82, 2.24) is 20.1 Å². The van der Waals surface area contributed by atoms with Crippen LogP contribution in [-0.2, 0) is 0 Å². The molecule has 1 fully saturated rings. The first-order valence-electron chi connectivity index (χ1n) is 6.91. The molecule has 21 heavy (non-hydrogen) atoms. The first kappa shape index (κ1) is 14.6. The second-order valence-electron chi connectivity index (χ2n) is 4.77. The fraction of sp³-hybridized carbons (Fsp3) is 0.462. The zero-order valence-electron chi connectivity index (χ0n) is 11.7. The van der Waals surface area contributed by atoms with Crippen LogP contribution < -0.4 is 10.6 Å². The number of nitrogens with two attached hydrogens (primary N) is 1. The summed E-state index contributed by atoms with van der Waals surface area (Å²) in [7, 11) is 0. The van der Waals surface area contributed by atoms with Gasteiger partial charge in [-0.05, 0) is 12.1 Å². The molecule has 2 N–H and O–H groups in total. The molecule has 0 amide bonds. The van der Waals surface area contributed by atoms with Crippen LogP contribution in [0.25, 0.3) is 0 Å². The molecule has 1 aliphatic rings. The van der Waals surface area contributed by atoms with Gasteiger partial charge in [0.15, 0.2) is 4.34 Å². The van der Waals surface area contributed by atoms with E-state index < -0.39 is 0 Å². The van der Waals surface area contributed by atoms with E-state index in [1.54, 1.807) is 11.8 Å². The van der Waals surface area contributed by atoms with Gasteiger partial charge in [0.05, 0.1) is 0 Å². The molecule has 3 heterocycles. The molecule has 1 aliphatic heterocycles. The Morgan fingerprint density at radius 3 is 2.71 bits per heavy atom. The fourth-order valence-corrected chi connectivity index (χ4v) is 3.99. The topological polar surface area (TPSA) is 71.2 Å². The highest BCUT2D eigenvalue weighted by Gasteiger charge is 2.17. The van der Waals surface area contributed by atoms with Gasteiger partial charge in [-0.2, -0.15) is 0 Å². The molecule has 0 unspecified atom stereocenters. The average molecular weight is 322 g/mol. The van der Waals surface area contributed by atoms with E-state index in [0.717, 1.165) is 48.6 Å². The summed E-state index contributed by atoms with van der Waals surface area (Å²) >= 11 is 3.18. The summed E-state index contributed by atoms with van der Waals surface area (Å²) in [4.78, 5) is 9.23. The fourth-order valence-electron chi connectivity index (χ4n) is 2.28. The summed E-state index contributed by atoms with van der Waals surface area (Å²) in [5, 5.41) is 8.39. The van der Waals surface area contributed by atoms with E-state index >= 15 is 0 Å². The Bertz CT molecular complexity index is 553. The Morgan fingerprint density at radius 2 is 2.05 bits per heavy atom. The van der Waals surface area contributed by atoms with Gasteiger partial charge in [0.1, 0.15) is 5.82 Å². The van der Waals surface area contributed by atoms with Crippen molar-refractivity contribution in [2.75, 3.05) is 49.1 Å². The predicted molar refractivity (Wildman–Crippen MR) is 87.9 cm³/mol. The number of hydrogen-bond acceptors (Lipinski definition) is 8. The second-order valence-corrected chi connectivity index (χ2v) is 7.12. The van der Waals surface area contributed by atoms with Crippen molar-refractivity contribution in [3.8, 4) is 0 Å². The van der Waals surface area contributed by atoms with E-state index in [1.807, 2.05) is 18.3 Å². The van der Waals surface area contributed by atoms with Crippen LogP contribution in [0.2, 0.25) is 0 Å². The first-order valence-corrected chi connectivity index (χ1v) is 8.71. The molecule has 3 rings (SSSR count). The number of nitrogen functional groups attached to an aromatic ring is 1. The van der Waals surface area contributed by atoms with Gasteiger partial charge < -0.3 is 10.6 Å². The molecule has 0 bridgehead atoms. The van der Waals surface area contributed by atoms with Crippen molar-refractivity contribution in [3.63, 3.8) is 0 Å². The smallest absolute Gasteiger partial charge is 0.203 e. The highest BCUT2D eigenvalue weighted by molar-refractivity contribution is 8.01. The van der Waals surface area contributed by atoms with Gasteiger partial charge in [0, 0.05) is 44.7 Å². The minimum absolute atomic E-state index is 0.543. The van der Waals surface area contributed by atoms with Crippen molar-refractivity contribution in [1.29, 1.82) is 0 Å². The lowest BCUT2D eigenvalue weighted by atomic mass is 10.3. The minimum atomic E-state index is 0.543. The normalized spacial score (nSPS) is 16.3. The third-order valence-electron chi connectivity index (χ3n) is 3.40. The van der Waals surface area contributed by atoms with Crippen molar-refractivity contribution in [2.45, 2.75) is 4.34 Å². The molecule has 8 heteroatoms. The molecule has 2 aromatic heterocycles. The second kappa shape index (κ2) is 7.06. The first-order chi connectivity index (χ1) is 10.3. The molecule has 0 radical (unpaired) electrons. The van der Waals surface area contributed by atoms with Crippen molar-refractivity contribution in [2.24, 2.45) is 0 Å². The van der Waals surface area contributed by atoms with Gasteiger partial charge in [-0.15, -0.1) is 10.2 Å². The highest BCUT2D eigenvalue weighted by atomic mass is 32.2. The molecule has 0 aromatic carbocycles. The third-order valence-corrected chi connectivity index (χ3v) is 5.27. The third kappa shape index (κ3) is 4.05. The van der Waals surface area contributed by atoms with Gasteiger partial charge >= 0.3 is 0 Å². The molecule has 0 aliphatic carbocycles. The maximum atomic E-state index is 5.57. The summed E-state index contributed by atoms with van der Waals surface area (Å²) in [6, 6.07) is 6.07. The number of pyridine rings is 1. The highest BCUT2D eigenvalue weighted by Crippen LogP contribution is 2.23. The number of rotatable bonds is 5. The Morgan fingerprint density at radius 1 is 1.19 bits per heavy atom. The Labute approximate surface area is 132 Å². The van der Waals surface area contributed by atoms with Crippen LogP contribution in [0.4, 0.5) is 10.9 Å². The van der Waals surface area contributed by atoms with Gasteiger partial charge in [-0.1, -0.05) is 29.2 Å². The predicted octanol–water partition coefficient (Wildman–Crippen LogP) is 1.43. The maximum Gasteiger partial charge on any atom is 0.203 e. The molecule has 0 spiro atoms. The number of piperazine rings is 1. The van der Waals surface area contributed by atoms with E-state index in [4.69, 9.17) is 5.73 Å². The molecule has 1 saturated heterocycles. The molecule has 112 valence electrons. The van der Waals surface area contributed by atoms with Crippen LogP contribution >= 0.6 is 23.1 Å². The Hall–Kier alpha value is -1.38. The Kier molecular flexibility index (Phi) is 4.89. The van der Waals surface area contributed by atoms with E-state index in [9.17, 15) is 0 Å². The lowest BCUT2D eigenvalue weighted by Crippen LogP contribution is -2.47. The minimum Gasteiger partial charge on any atom is -0.374 e. The number of thioether (sulfide) groups is 1. The van der Waals surface area contributed by atoms with Crippen molar-refractivity contribution >= 4 is 34.0 Å². The summed E-state index contributed by atoms with van der Waals surface area (Å²) in [6.07, 6.45) is 1.85. The summed E-state index contributed by atoms with van der Waals surface area (Å²) in [6.45, 7) is 5.30. The summed E-state index contributed by atoms with van der Waals surface area (Å²) in [5.41, 5.74) is 5.57. The van der Waals surface area contributed by atoms with E-state index in [-0.39, 0.29) is 0 Å². The lowest BCUT2D eigenvalue weighted by molar-refractivity contribution is 0.272. The van der Waals surface area contributed by atoms with Crippen LogP contribution in [0.15, 0.2) is 28.7 Å². The molecule has 0 saturated carbocycles. The van der Waals surface area contributed by atoms with Crippen LogP contribution in [0, 0.1) is 0 Å². The van der Waals surface area contributed by atoms with Crippen LogP contribution in [-0.4, -0.2) is 58.6 Å². The SMILES string of the molecule is Nc1nnc(SCCN2CCN(c3ccccn3)CC2)s1. The molecule has 2 aromatic rings. The summed E-state index contributed by atoms with van der Waals surface area (Å²) < 4.78 is 0.958. The van der Waals surface area contributed by atoms with Gasteiger partial charge in [-0.3, -0.25) is 4.90 Å². The summed E-state index contributed by atoms with van der Waals surface area (Å²) in [5.74, 6) is 2.11. The van der Waals surface area contributed by atoms with Gasteiger partial charge in [0.25, 0.3) is 0 Å². The molecule has 6 nitrogen and oxygen atoms in total. The number of aromatic nitrogens is 3. The molecule has 0 atom stereocenters.